The zero-order chi connectivity index (χ0) is 14.3. The summed E-state index contributed by atoms with van der Waals surface area (Å²) in [7, 11) is 0. The minimum Gasteiger partial charge on any atom is -0.481 e. The number of hydrogen-bond donors (Lipinski definition) is 2. The molecule has 1 fully saturated rings. The number of anilines is 1. The van der Waals surface area contributed by atoms with Gasteiger partial charge in [-0.25, -0.2) is 4.98 Å². The summed E-state index contributed by atoms with van der Waals surface area (Å²) in [4.78, 5) is 27.6. The Kier molecular flexibility index (Phi) is 3.22. The number of nitrogens with one attached hydrogen (secondary N) is 1. The molecule has 0 aliphatic heterocycles. The van der Waals surface area contributed by atoms with Crippen LogP contribution < -0.4 is 5.32 Å². The van der Waals surface area contributed by atoms with Crippen LogP contribution in [-0.4, -0.2) is 22.0 Å². The van der Waals surface area contributed by atoms with Crippen molar-refractivity contribution < 1.29 is 14.7 Å². The van der Waals surface area contributed by atoms with Gasteiger partial charge in [0.15, 0.2) is 0 Å². The van der Waals surface area contributed by atoms with Crippen molar-refractivity contribution in [2.24, 2.45) is 23.7 Å². The van der Waals surface area contributed by atoms with Crippen molar-refractivity contribution in [1.29, 1.82) is 0 Å². The quantitative estimate of drug-likeness (QED) is 0.661. The molecule has 2 N–H and O–H groups in total. The number of amides is 1. The van der Waals surface area contributed by atoms with Gasteiger partial charge in [-0.2, -0.15) is 0 Å². The third kappa shape index (κ3) is 2.18. The number of rotatable bonds is 3. The maximum absolute atomic E-state index is 12.3. The van der Waals surface area contributed by atoms with Gasteiger partial charge in [-0.3, -0.25) is 9.59 Å². The maximum Gasteiger partial charge on any atom is 0.307 e. The molecule has 104 valence electrons. The summed E-state index contributed by atoms with van der Waals surface area (Å²) in [6.07, 6.45) is 6.07. The molecule has 0 aromatic carbocycles. The van der Waals surface area contributed by atoms with Crippen molar-refractivity contribution in [3.05, 3.63) is 35.6 Å². The fraction of sp³-hybridized carbons (Fsp3) is 0.357. The van der Waals surface area contributed by atoms with E-state index in [-0.39, 0.29) is 17.7 Å². The minimum atomic E-state index is -0.906. The van der Waals surface area contributed by atoms with Gasteiger partial charge in [0.1, 0.15) is 5.15 Å². The molecule has 1 heterocycles. The molecule has 0 radical (unpaired) electrons. The average molecular weight is 293 g/mol. The minimum absolute atomic E-state index is 0.0151. The Labute approximate surface area is 120 Å². The molecule has 3 rings (SSSR count). The number of hydrogen-bond acceptors (Lipinski definition) is 3. The number of aliphatic carboxylic acids is 1. The van der Waals surface area contributed by atoms with Crippen LogP contribution in [0.15, 0.2) is 30.5 Å². The smallest absolute Gasteiger partial charge is 0.307 e. The van der Waals surface area contributed by atoms with Gasteiger partial charge < -0.3 is 10.4 Å². The summed E-state index contributed by atoms with van der Waals surface area (Å²) in [6, 6.07) is 3.22. The monoisotopic (exact) mass is 292 g/mol. The lowest BCUT2D eigenvalue weighted by atomic mass is 9.82. The molecule has 1 amide bonds. The number of nitrogens with zero attached hydrogens (tertiary/aromatic N) is 1. The Balaban J connectivity index is 1.78. The Bertz CT molecular complexity index is 585. The summed E-state index contributed by atoms with van der Waals surface area (Å²) >= 11 is 5.68. The van der Waals surface area contributed by atoms with Crippen molar-refractivity contribution in [3.8, 4) is 0 Å². The summed E-state index contributed by atoms with van der Waals surface area (Å²) in [5, 5.41) is 12.4. The highest BCUT2D eigenvalue weighted by Crippen LogP contribution is 2.48. The van der Waals surface area contributed by atoms with E-state index >= 15 is 0 Å². The normalized spacial score (nSPS) is 30.4. The number of fused-ring (bicyclic) bond motifs is 2. The Hall–Kier alpha value is -1.88. The number of aromatic nitrogens is 1. The molecule has 2 aliphatic rings. The number of carbonyl (C=O) groups is 2. The van der Waals surface area contributed by atoms with Crippen molar-refractivity contribution in [3.63, 3.8) is 0 Å². The molecule has 6 heteroatoms. The highest BCUT2D eigenvalue weighted by molar-refractivity contribution is 6.29. The summed E-state index contributed by atoms with van der Waals surface area (Å²) < 4.78 is 0. The Morgan fingerprint density at radius 2 is 1.95 bits per heavy atom. The second-order valence-corrected chi connectivity index (χ2v) is 5.58. The predicted octanol–water partition coefficient (Wildman–Crippen LogP) is 2.20. The maximum atomic E-state index is 12.3. The first-order valence-corrected chi connectivity index (χ1v) is 6.77. The molecular formula is C14H13ClN2O3. The number of allylic oxidation sites excluding steroid dienone is 2. The number of carboxylic acids is 1. The number of halogens is 1. The van der Waals surface area contributed by atoms with Crippen LogP contribution in [-0.2, 0) is 9.59 Å². The molecule has 0 spiro atoms. The third-order valence-corrected chi connectivity index (χ3v) is 4.27. The van der Waals surface area contributed by atoms with Gasteiger partial charge in [0.05, 0.1) is 23.7 Å². The molecule has 1 aromatic rings. The van der Waals surface area contributed by atoms with Crippen molar-refractivity contribution in [2.45, 2.75) is 6.42 Å². The van der Waals surface area contributed by atoms with Crippen LogP contribution in [0, 0.1) is 23.7 Å². The molecule has 4 atom stereocenters. The van der Waals surface area contributed by atoms with Gasteiger partial charge in [0, 0.05) is 0 Å². The zero-order valence-electron chi connectivity index (χ0n) is 10.5. The van der Waals surface area contributed by atoms with Gasteiger partial charge in [-0.05, 0) is 30.4 Å². The van der Waals surface area contributed by atoms with E-state index in [0.29, 0.717) is 10.8 Å². The first-order valence-electron chi connectivity index (χ1n) is 6.40. The lowest BCUT2D eigenvalue weighted by Gasteiger charge is -2.23. The molecule has 0 saturated heterocycles. The van der Waals surface area contributed by atoms with E-state index in [2.05, 4.69) is 10.3 Å². The highest BCUT2D eigenvalue weighted by Gasteiger charge is 2.51. The SMILES string of the molecule is O=C(O)C1C2C=CC(C2)C1C(=O)Nc1ccc(Cl)nc1. The Morgan fingerprint density at radius 3 is 2.55 bits per heavy atom. The topological polar surface area (TPSA) is 79.3 Å². The number of pyridine rings is 1. The molecule has 20 heavy (non-hydrogen) atoms. The van der Waals surface area contributed by atoms with Crippen LogP contribution in [0.1, 0.15) is 6.42 Å². The van der Waals surface area contributed by atoms with E-state index in [0.717, 1.165) is 6.42 Å². The first-order chi connectivity index (χ1) is 9.56. The van der Waals surface area contributed by atoms with E-state index < -0.39 is 17.8 Å². The first kappa shape index (κ1) is 13.1. The van der Waals surface area contributed by atoms with Crippen molar-refractivity contribution in [2.75, 3.05) is 5.32 Å². The third-order valence-electron chi connectivity index (χ3n) is 4.04. The van der Waals surface area contributed by atoms with E-state index in [1.807, 2.05) is 12.2 Å². The molecule has 1 saturated carbocycles. The summed E-state index contributed by atoms with van der Waals surface area (Å²) in [5.41, 5.74) is 0.523. The van der Waals surface area contributed by atoms with Gasteiger partial charge in [-0.15, -0.1) is 0 Å². The molecule has 2 aliphatic carbocycles. The molecule has 1 aromatic heterocycles. The summed E-state index contributed by atoms with van der Waals surface area (Å²) in [5.74, 6) is -2.34. The fourth-order valence-corrected chi connectivity index (χ4v) is 3.30. The van der Waals surface area contributed by atoms with Gasteiger partial charge in [0.25, 0.3) is 0 Å². The van der Waals surface area contributed by atoms with Crippen LogP contribution in [0.3, 0.4) is 0 Å². The van der Waals surface area contributed by atoms with Crippen LogP contribution in [0.5, 0.6) is 0 Å². The van der Waals surface area contributed by atoms with Gasteiger partial charge >= 0.3 is 5.97 Å². The van der Waals surface area contributed by atoms with Crippen LogP contribution in [0.4, 0.5) is 5.69 Å². The lowest BCUT2D eigenvalue weighted by Crippen LogP contribution is -2.36. The van der Waals surface area contributed by atoms with E-state index in [1.54, 1.807) is 12.1 Å². The summed E-state index contributed by atoms with van der Waals surface area (Å²) in [6.45, 7) is 0. The Morgan fingerprint density at radius 1 is 1.25 bits per heavy atom. The number of carboxylic acid groups (broad SMARTS) is 1. The van der Waals surface area contributed by atoms with Crippen molar-refractivity contribution in [1.82, 2.24) is 4.98 Å². The van der Waals surface area contributed by atoms with Crippen LogP contribution in [0.2, 0.25) is 5.15 Å². The highest BCUT2D eigenvalue weighted by atomic mass is 35.5. The molecule has 4 unspecified atom stereocenters. The van der Waals surface area contributed by atoms with E-state index in [1.165, 1.54) is 6.20 Å². The van der Waals surface area contributed by atoms with Gasteiger partial charge in [0.2, 0.25) is 5.91 Å². The van der Waals surface area contributed by atoms with Crippen molar-refractivity contribution >= 4 is 29.2 Å². The van der Waals surface area contributed by atoms with E-state index in [9.17, 15) is 14.7 Å². The zero-order valence-corrected chi connectivity index (χ0v) is 11.2. The molecular weight excluding hydrogens is 280 g/mol. The fourth-order valence-electron chi connectivity index (χ4n) is 3.19. The van der Waals surface area contributed by atoms with Crippen LogP contribution in [0.25, 0.3) is 0 Å². The largest absolute Gasteiger partial charge is 0.481 e. The standard InChI is InChI=1S/C14H13ClN2O3/c15-10-4-3-9(6-16-10)17-13(18)11-7-1-2-8(5-7)12(11)14(19)20/h1-4,6-8,11-12H,5H2,(H,17,18)(H,19,20). The van der Waals surface area contributed by atoms with E-state index in [4.69, 9.17) is 11.6 Å². The van der Waals surface area contributed by atoms with Crippen LogP contribution >= 0.6 is 11.6 Å². The average Bonchev–Trinajstić information content (AvgIpc) is 3.01. The molecule has 5 nitrogen and oxygen atoms in total. The number of carbonyl (C=O) groups excluding carboxylic acids is 1. The molecule has 2 bridgehead atoms. The second-order valence-electron chi connectivity index (χ2n) is 5.20. The predicted molar refractivity (Wildman–Crippen MR) is 73.2 cm³/mol. The lowest BCUT2D eigenvalue weighted by molar-refractivity contribution is -0.146. The second kappa shape index (κ2) is 4.90. The van der Waals surface area contributed by atoms with Gasteiger partial charge in [-0.1, -0.05) is 23.8 Å².